The van der Waals surface area contributed by atoms with Crippen molar-refractivity contribution in [1.82, 2.24) is 0 Å². The zero-order valence-corrected chi connectivity index (χ0v) is 8.62. The van der Waals surface area contributed by atoms with Crippen molar-refractivity contribution in [2.24, 2.45) is 5.73 Å². The molecule has 0 aromatic heterocycles. The Labute approximate surface area is 89.2 Å². The summed E-state index contributed by atoms with van der Waals surface area (Å²) in [6.45, 7) is 2.22. The Morgan fingerprint density at radius 3 is 2.73 bits per heavy atom. The van der Waals surface area contributed by atoms with Crippen LogP contribution >= 0.6 is 0 Å². The molecule has 1 heterocycles. The summed E-state index contributed by atoms with van der Waals surface area (Å²) in [5.74, 6) is -0.151. The van der Waals surface area contributed by atoms with E-state index in [0.717, 1.165) is 19.5 Å². The molecule has 2 N–H and O–H groups in total. The predicted octanol–water partition coefficient (Wildman–Crippen LogP) is 1.92. The van der Waals surface area contributed by atoms with Crippen LogP contribution in [0.2, 0.25) is 0 Å². The summed E-state index contributed by atoms with van der Waals surface area (Å²) >= 11 is 0. The van der Waals surface area contributed by atoms with Gasteiger partial charge in [0.15, 0.2) is 0 Å². The summed E-state index contributed by atoms with van der Waals surface area (Å²) in [5, 5.41) is 0. The van der Waals surface area contributed by atoms with Gasteiger partial charge in [0.05, 0.1) is 5.69 Å². The third-order valence-electron chi connectivity index (χ3n) is 2.76. The molecule has 0 spiro atoms. The van der Waals surface area contributed by atoms with E-state index in [4.69, 9.17) is 5.73 Å². The highest BCUT2D eigenvalue weighted by Crippen LogP contribution is 2.22. The largest absolute Gasteiger partial charge is 0.365 e. The highest BCUT2D eigenvalue weighted by Gasteiger charge is 2.13. The predicted molar refractivity (Wildman–Crippen MR) is 60.4 cm³/mol. The second-order valence-electron chi connectivity index (χ2n) is 3.71. The van der Waals surface area contributed by atoms with Gasteiger partial charge in [0.2, 0.25) is 0 Å². The van der Waals surface area contributed by atoms with Gasteiger partial charge >= 0.3 is 0 Å². The standard InChI is InChI=1S/C12H15FN2/c13-11-3-1-2-4-12(11)15-7-5-10(9-14)6-8-15/h1-5H,6-9,14H2. The number of nitrogens with two attached hydrogens (primary N) is 1. The van der Waals surface area contributed by atoms with Gasteiger partial charge in [-0.2, -0.15) is 0 Å². The average molecular weight is 206 g/mol. The molecule has 0 bridgehead atoms. The Balaban J connectivity index is 2.14. The van der Waals surface area contributed by atoms with Gasteiger partial charge in [-0.3, -0.25) is 0 Å². The molecule has 2 nitrogen and oxygen atoms in total. The summed E-state index contributed by atoms with van der Waals surface area (Å²) < 4.78 is 13.5. The summed E-state index contributed by atoms with van der Waals surface area (Å²) in [4.78, 5) is 2.04. The molecule has 0 radical (unpaired) electrons. The SMILES string of the molecule is NCC1=CCN(c2ccccc2F)CC1. The highest BCUT2D eigenvalue weighted by atomic mass is 19.1. The zero-order chi connectivity index (χ0) is 10.7. The average Bonchev–Trinajstić information content (AvgIpc) is 2.30. The topological polar surface area (TPSA) is 29.3 Å². The van der Waals surface area contributed by atoms with Gasteiger partial charge in [0.25, 0.3) is 0 Å². The quantitative estimate of drug-likeness (QED) is 0.749. The maximum atomic E-state index is 13.5. The molecule has 0 fully saturated rings. The van der Waals surface area contributed by atoms with Crippen molar-refractivity contribution in [1.29, 1.82) is 0 Å². The lowest BCUT2D eigenvalue weighted by Crippen LogP contribution is -2.30. The number of rotatable bonds is 2. The van der Waals surface area contributed by atoms with E-state index in [0.29, 0.717) is 12.2 Å². The third-order valence-corrected chi connectivity index (χ3v) is 2.76. The molecular weight excluding hydrogens is 191 g/mol. The Hall–Kier alpha value is -1.35. The van der Waals surface area contributed by atoms with Crippen LogP contribution in [0.25, 0.3) is 0 Å². The van der Waals surface area contributed by atoms with Crippen LogP contribution in [0.4, 0.5) is 10.1 Å². The van der Waals surface area contributed by atoms with E-state index in [1.807, 2.05) is 17.0 Å². The van der Waals surface area contributed by atoms with Crippen molar-refractivity contribution in [3.8, 4) is 0 Å². The molecule has 0 unspecified atom stereocenters. The Bertz CT molecular complexity index is 374. The molecule has 0 saturated heterocycles. The maximum absolute atomic E-state index is 13.5. The molecule has 0 amide bonds. The van der Waals surface area contributed by atoms with E-state index in [-0.39, 0.29) is 5.82 Å². The fourth-order valence-corrected chi connectivity index (χ4v) is 1.82. The summed E-state index contributed by atoms with van der Waals surface area (Å²) in [5.41, 5.74) is 7.51. The van der Waals surface area contributed by atoms with E-state index in [1.54, 1.807) is 6.07 Å². The highest BCUT2D eigenvalue weighted by molar-refractivity contribution is 5.49. The molecule has 1 aliphatic rings. The third kappa shape index (κ3) is 2.18. The van der Waals surface area contributed by atoms with Gasteiger partial charge in [-0.15, -0.1) is 0 Å². The Morgan fingerprint density at radius 2 is 2.13 bits per heavy atom. The van der Waals surface area contributed by atoms with Crippen LogP contribution in [0.5, 0.6) is 0 Å². The molecule has 1 aromatic carbocycles. The molecule has 0 atom stereocenters. The lowest BCUT2D eigenvalue weighted by Gasteiger charge is -2.28. The first-order chi connectivity index (χ1) is 7.31. The summed E-state index contributed by atoms with van der Waals surface area (Å²) in [7, 11) is 0. The first-order valence-corrected chi connectivity index (χ1v) is 5.18. The van der Waals surface area contributed by atoms with Gasteiger partial charge in [-0.05, 0) is 18.6 Å². The maximum Gasteiger partial charge on any atom is 0.146 e. The summed E-state index contributed by atoms with van der Waals surface area (Å²) in [6, 6.07) is 6.89. The number of nitrogens with zero attached hydrogens (tertiary/aromatic N) is 1. The first-order valence-electron chi connectivity index (χ1n) is 5.18. The van der Waals surface area contributed by atoms with Crippen molar-refractivity contribution in [2.75, 3.05) is 24.5 Å². The van der Waals surface area contributed by atoms with Gasteiger partial charge in [0.1, 0.15) is 5.82 Å². The van der Waals surface area contributed by atoms with Crippen LogP contribution in [0.1, 0.15) is 6.42 Å². The van der Waals surface area contributed by atoms with Crippen LogP contribution in [0.3, 0.4) is 0 Å². The fourth-order valence-electron chi connectivity index (χ4n) is 1.82. The molecular formula is C12H15FN2. The molecule has 1 aromatic rings. The second-order valence-corrected chi connectivity index (χ2v) is 3.71. The normalized spacial score (nSPS) is 16.4. The van der Waals surface area contributed by atoms with Gasteiger partial charge < -0.3 is 10.6 Å². The number of halogens is 1. The molecule has 0 aliphatic carbocycles. The van der Waals surface area contributed by atoms with E-state index in [9.17, 15) is 4.39 Å². The molecule has 1 aliphatic heterocycles. The second kappa shape index (κ2) is 4.45. The smallest absolute Gasteiger partial charge is 0.146 e. The monoisotopic (exact) mass is 206 g/mol. The van der Waals surface area contributed by atoms with E-state index >= 15 is 0 Å². The minimum absolute atomic E-state index is 0.151. The zero-order valence-electron chi connectivity index (χ0n) is 8.62. The van der Waals surface area contributed by atoms with Crippen molar-refractivity contribution in [3.63, 3.8) is 0 Å². The van der Waals surface area contributed by atoms with Crippen molar-refractivity contribution in [3.05, 3.63) is 41.7 Å². The molecule has 15 heavy (non-hydrogen) atoms. The van der Waals surface area contributed by atoms with Crippen LogP contribution in [0, 0.1) is 5.82 Å². The van der Waals surface area contributed by atoms with Gasteiger partial charge in [-0.25, -0.2) is 4.39 Å². The number of anilines is 1. The minimum Gasteiger partial charge on any atom is -0.365 e. The molecule has 80 valence electrons. The van der Waals surface area contributed by atoms with Gasteiger partial charge in [0, 0.05) is 19.6 Å². The molecule has 3 heteroatoms. The van der Waals surface area contributed by atoms with Crippen LogP contribution in [-0.4, -0.2) is 19.6 Å². The molecule has 2 rings (SSSR count). The minimum atomic E-state index is -0.151. The van der Waals surface area contributed by atoms with Crippen molar-refractivity contribution < 1.29 is 4.39 Å². The number of para-hydroxylation sites is 1. The fraction of sp³-hybridized carbons (Fsp3) is 0.333. The number of hydrogen-bond donors (Lipinski definition) is 1. The van der Waals surface area contributed by atoms with Crippen LogP contribution < -0.4 is 10.6 Å². The number of benzene rings is 1. The van der Waals surface area contributed by atoms with E-state index in [2.05, 4.69) is 6.08 Å². The first kappa shape index (κ1) is 10.2. The van der Waals surface area contributed by atoms with Crippen molar-refractivity contribution >= 4 is 5.69 Å². The van der Waals surface area contributed by atoms with Crippen LogP contribution in [-0.2, 0) is 0 Å². The number of hydrogen-bond acceptors (Lipinski definition) is 2. The van der Waals surface area contributed by atoms with E-state index < -0.39 is 0 Å². The van der Waals surface area contributed by atoms with E-state index in [1.165, 1.54) is 11.6 Å². The molecule has 0 saturated carbocycles. The lowest BCUT2D eigenvalue weighted by molar-refractivity contribution is 0.617. The Kier molecular flexibility index (Phi) is 3.02. The van der Waals surface area contributed by atoms with Gasteiger partial charge in [-0.1, -0.05) is 23.8 Å². The van der Waals surface area contributed by atoms with Crippen molar-refractivity contribution in [2.45, 2.75) is 6.42 Å². The lowest BCUT2D eigenvalue weighted by atomic mass is 10.1. The Morgan fingerprint density at radius 1 is 1.33 bits per heavy atom. The van der Waals surface area contributed by atoms with Crippen LogP contribution in [0.15, 0.2) is 35.9 Å². The summed E-state index contributed by atoms with van der Waals surface area (Å²) in [6.07, 6.45) is 3.03.